The molecule has 4 heterocycles. The Kier molecular flexibility index (Phi) is 4.99. The van der Waals surface area contributed by atoms with Crippen LogP contribution in [0.1, 0.15) is 33.6 Å². The first-order valence-electron chi connectivity index (χ1n) is 9.91. The molecule has 0 N–H and O–H groups in total. The van der Waals surface area contributed by atoms with Crippen molar-refractivity contribution in [3.8, 4) is 0 Å². The van der Waals surface area contributed by atoms with Gasteiger partial charge in [-0.25, -0.2) is 9.97 Å². The van der Waals surface area contributed by atoms with E-state index in [0.717, 1.165) is 41.4 Å². The summed E-state index contributed by atoms with van der Waals surface area (Å²) in [6.07, 6.45) is 3.45. The summed E-state index contributed by atoms with van der Waals surface area (Å²) in [5.41, 5.74) is 0.464. The fraction of sp³-hybridized carbons (Fsp3) is 0.600. The molecule has 7 nitrogen and oxygen atoms in total. The molecule has 150 valence electrons. The summed E-state index contributed by atoms with van der Waals surface area (Å²) in [5.74, 6) is 0.171. The van der Waals surface area contributed by atoms with Gasteiger partial charge in [-0.15, -0.1) is 0 Å². The standard InChI is InChI=1S/C20H27N5O2S/c1-20(2,3)18(27)25-9-5-7-15(25)17(26)23-10-12-24(13-11-23)19-22-14-6-4-8-21-16(14)28-19/h4,6,8,15H,5,7,9-13H2,1-3H3. The monoisotopic (exact) mass is 401 g/mol. The molecule has 1 atom stereocenters. The number of carbonyl (C=O) groups is 2. The van der Waals surface area contributed by atoms with Gasteiger partial charge in [0.05, 0.1) is 0 Å². The molecule has 0 spiro atoms. The van der Waals surface area contributed by atoms with Crippen LogP contribution in [0, 0.1) is 5.41 Å². The fourth-order valence-corrected chi connectivity index (χ4v) is 4.88. The molecule has 2 saturated heterocycles. The van der Waals surface area contributed by atoms with Gasteiger partial charge in [-0.1, -0.05) is 32.1 Å². The minimum Gasteiger partial charge on any atom is -0.344 e. The molecule has 0 bridgehead atoms. The van der Waals surface area contributed by atoms with Gasteiger partial charge < -0.3 is 14.7 Å². The number of amides is 2. The van der Waals surface area contributed by atoms with Gasteiger partial charge in [0.1, 0.15) is 16.4 Å². The Labute approximate surface area is 169 Å². The summed E-state index contributed by atoms with van der Waals surface area (Å²) in [4.78, 5) is 41.8. The van der Waals surface area contributed by atoms with Crippen molar-refractivity contribution in [1.29, 1.82) is 0 Å². The minimum absolute atomic E-state index is 0.0731. The van der Waals surface area contributed by atoms with E-state index in [-0.39, 0.29) is 17.9 Å². The van der Waals surface area contributed by atoms with Gasteiger partial charge in [0.2, 0.25) is 11.8 Å². The van der Waals surface area contributed by atoms with Crippen molar-refractivity contribution in [2.45, 2.75) is 39.7 Å². The number of fused-ring (bicyclic) bond motifs is 1. The topological polar surface area (TPSA) is 69.6 Å². The third-order valence-corrected chi connectivity index (χ3v) is 6.50. The van der Waals surface area contributed by atoms with E-state index in [0.29, 0.717) is 19.6 Å². The molecule has 0 saturated carbocycles. The van der Waals surface area contributed by atoms with Crippen LogP contribution in [-0.2, 0) is 9.59 Å². The van der Waals surface area contributed by atoms with Crippen LogP contribution in [0.15, 0.2) is 18.3 Å². The molecule has 28 heavy (non-hydrogen) atoms. The first kappa shape index (κ1) is 19.1. The normalized spacial score (nSPS) is 20.8. The van der Waals surface area contributed by atoms with E-state index < -0.39 is 5.41 Å². The fourth-order valence-electron chi connectivity index (χ4n) is 3.92. The van der Waals surface area contributed by atoms with Crippen LogP contribution in [0.5, 0.6) is 0 Å². The second-order valence-corrected chi connectivity index (χ2v) is 9.50. The zero-order valence-electron chi connectivity index (χ0n) is 16.7. The van der Waals surface area contributed by atoms with E-state index in [1.807, 2.05) is 37.8 Å². The Hall–Kier alpha value is -2.22. The number of likely N-dealkylation sites (tertiary alicyclic amines) is 1. The highest BCUT2D eigenvalue weighted by molar-refractivity contribution is 7.21. The van der Waals surface area contributed by atoms with E-state index in [9.17, 15) is 9.59 Å². The SMILES string of the molecule is CC(C)(C)C(=O)N1CCCC1C(=O)N1CCN(c2nc3cccnc3s2)CC1. The number of pyridine rings is 1. The van der Waals surface area contributed by atoms with Crippen molar-refractivity contribution in [2.24, 2.45) is 5.41 Å². The molecule has 2 aromatic rings. The number of aromatic nitrogens is 2. The largest absolute Gasteiger partial charge is 0.344 e. The van der Waals surface area contributed by atoms with E-state index in [1.165, 1.54) is 0 Å². The lowest BCUT2D eigenvalue weighted by Crippen LogP contribution is -2.55. The average molecular weight is 402 g/mol. The molecule has 2 fully saturated rings. The van der Waals surface area contributed by atoms with Gasteiger partial charge in [0, 0.05) is 44.3 Å². The van der Waals surface area contributed by atoms with Crippen LogP contribution in [0.3, 0.4) is 0 Å². The molecule has 2 aliphatic rings. The first-order valence-corrected chi connectivity index (χ1v) is 10.7. The first-order chi connectivity index (χ1) is 13.3. The van der Waals surface area contributed by atoms with Gasteiger partial charge in [0.15, 0.2) is 5.13 Å². The number of anilines is 1. The summed E-state index contributed by atoms with van der Waals surface area (Å²) in [7, 11) is 0. The maximum atomic E-state index is 13.1. The highest BCUT2D eigenvalue weighted by atomic mass is 32.1. The number of nitrogens with zero attached hydrogens (tertiary/aromatic N) is 5. The van der Waals surface area contributed by atoms with Gasteiger partial charge in [0.25, 0.3) is 0 Å². The third-order valence-electron chi connectivity index (χ3n) is 5.46. The Morgan fingerprint density at radius 2 is 1.89 bits per heavy atom. The van der Waals surface area contributed by atoms with E-state index in [4.69, 9.17) is 0 Å². The lowest BCUT2D eigenvalue weighted by molar-refractivity contribution is -0.148. The molecular formula is C20H27N5O2S. The quantitative estimate of drug-likeness (QED) is 0.773. The molecule has 0 aliphatic carbocycles. The average Bonchev–Trinajstić information content (AvgIpc) is 3.33. The van der Waals surface area contributed by atoms with E-state index >= 15 is 0 Å². The van der Waals surface area contributed by atoms with Gasteiger partial charge >= 0.3 is 0 Å². The molecular weight excluding hydrogens is 374 g/mol. The molecule has 2 aromatic heterocycles. The zero-order valence-corrected chi connectivity index (χ0v) is 17.5. The molecule has 2 aliphatic heterocycles. The third kappa shape index (κ3) is 3.57. The maximum absolute atomic E-state index is 13.1. The van der Waals surface area contributed by atoms with Crippen molar-refractivity contribution >= 4 is 38.6 Å². The van der Waals surface area contributed by atoms with Crippen LogP contribution >= 0.6 is 11.3 Å². The predicted molar refractivity (Wildman–Crippen MR) is 110 cm³/mol. The highest BCUT2D eigenvalue weighted by Crippen LogP contribution is 2.29. The molecule has 0 radical (unpaired) electrons. The lowest BCUT2D eigenvalue weighted by atomic mass is 9.94. The second kappa shape index (κ2) is 7.31. The molecule has 1 unspecified atom stereocenters. The second-order valence-electron chi connectivity index (χ2n) is 8.54. The van der Waals surface area contributed by atoms with Crippen LogP contribution in [-0.4, -0.2) is 70.3 Å². The number of hydrogen-bond acceptors (Lipinski definition) is 6. The van der Waals surface area contributed by atoms with Crippen molar-refractivity contribution in [3.05, 3.63) is 18.3 Å². The Morgan fingerprint density at radius 3 is 2.57 bits per heavy atom. The lowest BCUT2D eigenvalue weighted by Gasteiger charge is -2.38. The van der Waals surface area contributed by atoms with Gasteiger partial charge in [-0.05, 0) is 25.0 Å². The Bertz CT molecular complexity index is 849. The van der Waals surface area contributed by atoms with Crippen LogP contribution < -0.4 is 4.90 Å². The Morgan fingerprint density at radius 1 is 1.14 bits per heavy atom. The van der Waals surface area contributed by atoms with Crippen LogP contribution in [0.2, 0.25) is 0 Å². The van der Waals surface area contributed by atoms with E-state index in [2.05, 4.69) is 14.9 Å². The summed E-state index contributed by atoms with van der Waals surface area (Å²) in [6.45, 7) is 9.27. The smallest absolute Gasteiger partial charge is 0.245 e. The number of hydrogen-bond donors (Lipinski definition) is 0. The summed E-state index contributed by atoms with van der Waals surface area (Å²) in [6, 6.07) is 3.57. The summed E-state index contributed by atoms with van der Waals surface area (Å²) >= 11 is 1.59. The van der Waals surface area contributed by atoms with Crippen molar-refractivity contribution < 1.29 is 9.59 Å². The van der Waals surface area contributed by atoms with Gasteiger partial charge in [-0.2, -0.15) is 0 Å². The molecule has 2 amide bonds. The highest BCUT2D eigenvalue weighted by Gasteiger charge is 2.40. The van der Waals surface area contributed by atoms with Crippen LogP contribution in [0.25, 0.3) is 10.3 Å². The van der Waals surface area contributed by atoms with Crippen molar-refractivity contribution in [3.63, 3.8) is 0 Å². The number of thiazole rings is 1. The predicted octanol–water partition coefficient (Wildman–Crippen LogP) is 2.38. The van der Waals surface area contributed by atoms with Crippen LogP contribution in [0.4, 0.5) is 5.13 Å². The number of carbonyl (C=O) groups excluding carboxylic acids is 2. The summed E-state index contributed by atoms with van der Waals surface area (Å²) in [5, 5.41) is 0.964. The number of rotatable bonds is 2. The Balaban J connectivity index is 1.40. The minimum atomic E-state index is -0.456. The van der Waals surface area contributed by atoms with Crippen molar-refractivity contribution in [2.75, 3.05) is 37.6 Å². The zero-order chi connectivity index (χ0) is 19.9. The van der Waals surface area contributed by atoms with Gasteiger partial charge in [-0.3, -0.25) is 9.59 Å². The van der Waals surface area contributed by atoms with Crippen molar-refractivity contribution in [1.82, 2.24) is 19.8 Å². The van der Waals surface area contributed by atoms with E-state index in [1.54, 1.807) is 22.4 Å². The number of piperazine rings is 1. The molecule has 4 rings (SSSR count). The molecule has 8 heteroatoms. The molecule has 0 aromatic carbocycles. The maximum Gasteiger partial charge on any atom is 0.245 e. The summed E-state index contributed by atoms with van der Waals surface area (Å²) < 4.78 is 0.